The summed E-state index contributed by atoms with van der Waals surface area (Å²) < 4.78 is 16.0. The number of nitrogens with one attached hydrogen (secondary N) is 1. The molecule has 1 amide bonds. The van der Waals surface area contributed by atoms with Gasteiger partial charge in [-0.25, -0.2) is 19.0 Å². The fourth-order valence-electron chi connectivity index (χ4n) is 3.44. The number of halogens is 2. The van der Waals surface area contributed by atoms with Crippen molar-refractivity contribution in [3.05, 3.63) is 82.5 Å². The second-order valence-electron chi connectivity index (χ2n) is 7.34. The van der Waals surface area contributed by atoms with Gasteiger partial charge in [0.2, 0.25) is 0 Å². The summed E-state index contributed by atoms with van der Waals surface area (Å²) in [5.41, 5.74) is 11.1. The molecule has 10 heteroatoms. The van der Waals surface area contributed by atoms with Gasteiger partial charge < -0.3 is 11.1 Å². The van der Waals surface area contributed by atoms with Crippen molar-refractivity contribution in [1.82, 2.24) is 19.7 Å². The Morgan fingerprint density at radius 3 is 2.88 bits per heavy atom. The third kappa shape index (κ3) is 3.92. The molecule has 0 atom stereocenters. The fraction of sp³-hybridized carbons (Fsp3) is 0.0435. The first-order valence-corrected chi connectivity index (χ1v) is 11.1. The van der Waals surface area contributed by atoms with Crippen molar-refractivity contribution in [2.75, 3.05) is 11.1 Å². The van der Waals surface area contributed by atoms with Crippen LogP contribution in [0.3, 0.4) is 0 Å². The van der Waals surface area contributed by atoms with Gasteiger partial charge in [-0.05, 0) is 42.8 Å². The first-order chi connectivity index (χ1) is 15.9. The van der Waals surface area contributed by atoms with Gasteiger partial charge in [-0.15, -0.1) is 11.3 Å². The molecule has 2 aromatic carbocycles. The molecule has 0 radical (unpaired) electrons. The number of fused-ring (bicyclic) bond motifs is 1. The van der Waals surface area contributed by atoms with E-state index in [1.807, 2.05) is 30.6 Å². The van der Waals surface area contributed by atoms with Crippen LogP contribution in [0.5, 0.6) is 0 Å². The van der Waals surface area contributed by atoms with E-state index in [-0.39, 0.29) is 10.6 Å². The number of thiophene rings is 1. The van der Waals surface area contributed by atoms with E-state index in [0.717, 1.165) is 38.7 Å². The van der Waals surface area contributed by atoms with E-state index >= 15 is 0 Å². The first-order valence-electron chi connectivity index (χ1n) is 9.81. The van der Waals surface area contributed by atoms with E-state index in [4.69, 9.17) is 17.3 Å². The van der Waals surface area contributed by atoms with Gasteiger partial charge in [0.15, 0.2) is 0 Å². The molecule has 7 nitrogen and oxygen atoms in total. The lowest BCUT2D eigenvalue weighted by atomic mass is 10.1. The minimum atomic E-state index is -0.576. The number of nitrogens with two attached hydrogens (primary N) is 1. The van der Waals surface area contributed by atoms with Crippen LogP contribution in [0.25, 0.3) is 27.0 Å². The van der Waals surface area contributed by atoms with Crippen molar-refractivity contribution in [2.45, 2.75) is 6.92 Å². The van der Waals surface area contributed by atoms with Crippen molar-refractivity contribution in [3.8, 4) is 16.8 Å². The standard InChI is InChI=1S/C23H16ClFN6OS/c1-12-2-4-15(30-23(32)13-3-5-18(25)17(24)6-13)7-19(12)31-9-14(8-29-31)16-10-33-21-20(16)27-11-28-22(21)26/h2-11H,1H3,(H,30,32)(H2,26,27,28). The third-order valence-corrected chi connectivity index (χ3v) is 6.45. The highest BCUT2D eigenvalue weighted by molar-refractivity contribution is 7.18. The quantitative estimate of drug-likeness (QED) is 0.356. The molecule has 0 saturated carbocycles. The molecule has 3 aromatic heterocycles. The molecule has 0 saturated heterocycles. The molecule has 164 valence electrons. The van der Waals surface area contributed by atoms with Crippen LogP contribution in [-0.2, 0) is 0 Å². The Morgan fingerprint density at radius 2 is 2.06 bits per heavy atom. The Hall–Kier alpha value is -3.82. The Balaban J connectivity index is 1.45. The molecule has 5 rings (SSSR count). The second-order valence-corrected chi connectivity index (χ2v) is 8.63. The van der Waals surface area contributed by atoms with E-state index in [1.54, 1.807) is 16.9 Å². The van der Waals surface area contributed by atoms with E-state index in [2.05, 4.69) is 20.4 Å². The number of aryl methyl sites for hydroxylation is 1. The zero-order valence-corrected chi connectivity index (χ0v) is 18.8. The summed E-state index contributed by atoms with van der Waals surface area (Å²) in [7, 11) is 0. The molecule has 0 unspecified atom stereocenters. The van der Waals surface area contributed by atoms with Crippen LogP contribution in [0.4, 0.5) is 15.9 Å². The molecular formula is C23H16ClFN6OS. The lowest BCUT2D eigenvalue weighted by molar-refractivity contribution is 0.102. The van der Waals surface area contributed by atoms with Crippen molar-refractivity contribution in [2.24, 2.45) is 0 Å². The zero-order chi connectivity index (χ0) is 23.1. The number of carbonyl (C=O) groups is 1. The number of anilines is 2. The average molecular weight is 479 g/mol. The molecule has 0 aliphatic carbocycles. The topological polar surface area (TPSA) is 98.7 Å². The molecule has 33 heavy (non-hydrogen) atoms. The van der Waals surface area contributed by atoms with Crippen LogP contribution >= 0.6 is 22.9 Å². The van der Waals surface area contributed by atoms with Gasteiger partial charge >= 0.3 is 0 Å². The van der Waals surface area contributed by atoms with Crippen LogP contribution in [0.2, 0.25) is 5.02 Å². The van der Waals surface area contributed by atoms with E-state index < -0.39 is 11.7 Å². The first kappa shape index (κ1) is 21.0. The Kier molecular flexibility index (Phi) is 5.27. The Morgan fingerprint density at radius 1 is 1.21 bits per heavy atom. The normalized spacial score (nSPS) is 11.1. The highest BCUT2D eigenvalue weighted by Gasteiger charge is 2.14. The monoisotopic (exact) mass is 478 g/mol. The van der Waals surface area contributed by atoms with E-state index in [1.165, 1.54) is 29.8 Å². The summed E-state index contributed by atoms with van der Waals surface area (Å²) in [6.45, 7) is 1.95. The molecular weight excluding hydrogens is 463 g/mol. The number of hydrogen-bond acceptors (Lipinski definition) is 6. The number of carbonyl (C=O) groups excluding carboxylic acids is 1. The van der Waals surface area contributed by atoms with E-state index in [0.29, 0.717) is 11.5 Å². The van der Waals surface area contributed by atoms with Crippen molar-refractivity contribution >= 4 is 50.6 Å². The maximum absolute atomic E-state index is 13.4. The Labute approximate surface area is 196 Å². The van der Waals surface area contributed by atoms with Gasteiger partial charge in [0, 0.05) is 34.0 Å². The summed E-state index contributed by atoms with van der Waals surface area (Å²) in [6.07, 6.45) is 5.10. The average Bonchev–Trinajstić information content (AvgIpc) is 3.45. The number of nitrogens with zero attached hydrogens (tertiary/aromatic N) is 4. The molecule has 0 aliphatic rings. The SMILES string of the molecule is Cc1ccc(NC(=O)c2ccc(F)c(Cl)c2)cc1-n1cc(-c2csc3c(N)ncnc23)cn1. The molecule has 3 N–H and O–H groups in total. The summed E-state index contributed by atoms with van der Waals surface area (Å²) in [5, 5.41) is 9.20. The molecule has 3 heterocycles. The number of rotatable bonds is 4. The molecule has 0 spiro atoms. The highest BCUT2D eigenvalue weighted by atomic mass is 35.5. The van der Waals surface area contributed by atoms with Crippen LogP contribution in [0, 0.1) is 12.7 Å². The minimum absolute atomic E-state index is 0.107. The number of aromatic nitrogens is 4. The number of amides is 1. The Bertz CT molecular complexity index is 1530. The number of nitrogen functional groups attached to an aromatic ring is 1. The van der Waals surface area contributed by atoms with Gasteiger partial charge in [0.1, 0.15) is 18.0 Å². The fourth-order valence-corrected chi connectivity index (χ4v) is 4.55. The smallest absolute Gasteiger partial charge is 0.255 e. The van der Waals surface area contributed by atoms with Gasteiger partial charge in [-0.2, -0.15) is 5.10 Å². The van der Waals surface area contributed by atoms with Crippen LogP contribution in [0.15, 0.2) is 60.5 Å². The molecule has 5 aromatic rings. The van der Waals surface area contributed by atoms with Crippen LogP contribution in [0.1, 0.15) is 15.9 Å². The second kappa shape index (κ2) is 8.27. The zero-order valence-electron chi connectivity index (χ0n) is 17.2. The summed E-state index contributed by atoms with van der Waals surface area (Å²) in [5.74, 6) is -0.520. The maximum atomic E-state index is 13.4. The van der Waals surface area contributed by atoms with Crippen molar-refractivity contribution in [1.29, 1.82) is 0 Å². The molecule has 0 aliphatic heterocycles. The van der Waals surface area contributed by atoms with Gasteiger partial charge in [-0.3, -0.25) is 4.79 Å². The van der Waals surface area contributed by atoms with Gasteiger partial charge in [-0.1, -0.05) is 17.7 Å². The van der Waals surface area contributed by atoms with Crippen LogP contribution < -0.4 is 11.1 Å². The highest BCUT2D eigenvalue weighted by Crippen LogP contribution is 2.35. The predicted molar refractivity (Wildman–Crippen MR) is 128 cm³/mol. The summed E-state index contributed by atoms with van der Waals surface area (Å²) >= 11 is 7.28. The van der Waals surface area contributed by atoms with Crippen molar-refractivity contribution in [3.63, 3.8) is 0 Å². The lowest BCUT2D eigenvalue weighted by Crippen LogP contribution is -2.12. The van der Waals surface area contributed by atoms with Crippen molar-refractivity contribution < 1.29 is 9.18 Å². The third-order valence-electron chi connectivity index (χ3n) is 5.17. The minimum Gasteiger partial charge on any atom is -0.382 e. The maximum Gasteiger partial charge on any atom is 0.255 e. The van der Waals surface area contributed by atoms with E-state index in [9.17, 15) is 9.18 Å². The number of benzene rings is 2. The largest absolute Gasteiger partial charge is 0.382 e. The van der Waals surface area contributed by atoms with Gasteiger partial charge in [0.25, 0.3) is 5.91 Å². The number of hydrogen-bond donors (Lipinski definition) is 2. The molecule has 0 fully saturated rings. The van der Waals surface area contributed by atoms with Crippen LogP contribution in [-0.4, -0.2) is 25.7 Å². The summed E-state index contributed by atoms with van der Waals surface area (Å²) in [4.78, 5) is 21.0. The van der Waals surface area contributed by atoms with Gasteiger partial charge in [0.05, 0.1) is 27.1 Å². The molecule has 0 bridgehead atoms. The lowest BCUT2D eigenvalue weighted by Gasteiger charge is -2.11. The predicted octanol–water partition coefficient (Wildman–Crippen LogP) is 5.48. The summed E-state index contributed by atoms with van der Waals surface area (Å²) in [6, 6.07) is 9.34.